The number of para-hydroxylation sites is 1. The summed E-state index contributed by atoms with van der Waals surface area (Å²) in [6.07, 6.45) is -5.68. The molecule has 27 heavy (non-hydrogen) atoms. The van der Waals surface area contributed by atoms with Crippen LogP contribution in [0.5, 0.6) is 5.75 Å². The highest BCUT2D eigenvalue weighted by atomic mass is 19.4. The number of alkyl halides is 3. The lowest BCUT2D eigenvalue weighted by Gasteiger charge is -2.20. The van der Waals surface area contributed by atoms with Crippen molar-refractivity contribution < 1.29 is 32.2 Å². The smallest absolute Gasteiger partial charge is 0.447 e. The van der Waals surface area contributed by atoms with Gasteiger partial charge in [-0.2, -0.15) is 0 Å². The molecule has 0 bridgehead atoms. The fraction of sp³-hybridized carbons (Fsp3) is 0.263. The van der Waals surface area contributed by atoms with Gasteiger partial charge in [0.15, 0.2) is 0 Å². The third-order valence-electron chi connectivity index (χ3n) is 4.08. The number of hydrogen-bond donors (Lipinski definition) is 0. The molecule has 1 fully saturated rings. The Hall–Kier alpha value is -3.03. The molecule has 1 atom stereocenters. The second-order valence-electron chi connectivity index (χ2n) is 6.02. The minimum Gasteiger partial charge on any atom is -0.447 e. The van der Waals surface area contributed by atoms with E-state index in [1.807, 2.05) is 30.3 Å². The topological polar surface area (TPSA) is 55.8 Å². The molecule has 2 amide bonds. The molecule has 8 heteroatoms. The Morgan fingerprint density at radius 1 is 1.11 bits per heavy atom. The summed E-state index contributed by atoms with van der Waals surface area (Å²) in [6.45, 7) is 0.0418. The second-order valence-corrected chi connectivity index (χ2v) is 6.02. The highest BCUT2D eigenvalue weighted by Gasteiger charge is 2.38. The maximum absolute atomic E-state index is 12.6. The molecule has 0 N–H and O–H groups in total. The Kier molecular flexibility index (Phi) is 5.34. The van der Waals surface area contributed by atoms with Gasteiger partial charge in [0.1, 0.15) is 12.4 Å². The fourth-order valence-electron chi connectivity index (χ4n) is 2.92. The molecule has 0 radical (unpaired) electrons. The molecule has 1 aliphatic rings. The van der Waals surface area contributed by atoms with Gasteiger partial charge in [0, 0.05) is 5.56 Å². The minimum absolute atomic E-state index is 0.0398. The molecule has 1 heterocycles. The van der Waals surface area contributed by atoms with E-state index in [1.54, 1.807) is 0 Å². The van der Waals surface area contributed by atoms with Crippen LogP contribution in [-0.2, 0) is 22.4 Å². The maximum atomic E-state index is 12.6. The van der Waals surface area contributed by atoms with Gasteiger partial charge in [0.2, 0.25) is 5.91 Å². The summed E-state index contributed by atoms with van der Waals surface area (Å²) in [5, 5.41) is 0. The van der Waals surface area contributed by atoms with Crippen LogP contribution < -0.4 is 4.74 Å². The predicted molar refractivity (Wildman–Crippen MR) is 89.0 cm³/mol. The lowest BCUT2D eigenvalue weighted by atomic mass is 10.0. The van der Waals surface area contributed by atoms with Gasteiger partial charge < -0.3 is 9.47 Å². The molecular formula is C19H16F3NO4. The van der Waals surface area contributed by atoms with E-state index in [0.717, 1.165) is 16.5 Å². The first-order chi connectivity index (χ1) is 12.8. The number of benzene rings is 2. The highest BCUT2D eigenvalue weighted by molar-refractivity contribution is 5.94. The summed E-state index contributed by atoms with van der Waals surface area (Å²) >= 11 is 0. The highest BCUT2D eigenvalue weighted by Crippen LogP contribution is 2.27. The SMILES string of the molecule is O=C(Cc1ccccc1OC(F)(F)F)N1C(=O)OC[C@@H]1Cc1ccccc1. The van der Waals surface area contributed by atoms with E-state index in [0.29, 0.717) is 6.42 Å². The average molecular weight is 379 g/mol. The van der Waals surface area contributed by atoms with E-state index >= 15 is 0 Å². The van der Waals surface area contributed by atoms with E-state index in [9.17, 15) is 22.8 Å². The first-order valence-electron chi connectivity index (χ1n) is 8.20. The summed E-state index contributed by atoms with van der Waals surface area (Å²) in [5.74, 6) is -1.11. The van der Waals surface area contributed by atoms with Crippen molar-refractivity contribution in [3.05, 3.63) is 65.7 Å². The van der Waals surface area contributed by atoms with Crippen LogP contribution in [0.3, 0.4) is 0 Å². The normalized spacial score (nSPS) is 16.9. The Labute approximate surface area is 153 Å². The van der Waals surface area contributed by atoms with Gasteiger partial charge in [-0.3, -0.25) is 4.79 Å². The van der Waals surface area contributed by atoms with Gasteiger partial charge in [-0.1, -0.05) is 48.5 Å². The van der Waals surface area contributed by atoms with Crippen LogP contribution in [0.25, 0.3) is 0 Å². The number of hydrogen-bond acceptors (Lipinski definition) is 4. The lowest BCUT2D eigenvalue weighted by molar-refractivity contribution is -0.274. The summed E-state index contributed by atoms with van der Waals surface area (Å²) in [4.78, 5) is 25.6. The monoisotopic (exact) mass is 379 g/mol. The van der Waals surface area contributed by atoms with Gasteiger partial charge in [0.05, 0.1) is 12.5 Å². The van der Waals surface area contributed by atoms with Crippen LogP contribution in [-0.4, -0.2) is 35.9 Å². The van der Waals surface area contributed by atoms with Gasteiger partial charge in [-0.15, -0.1) is 13.2 Å². The zero-order chi connectivity index (χ0) is 19.4. The number of amides is 2. The second kappa shape index (κ2) is 7.69. The third kappa shape index (κ3) is 4.78. The number of halogens is 3. The van der Waals surface area contributed by atoms with E-state index in [4.69, 9.17) is 4.74 Å². The average Bonchev–Trinajstić information content (AvgIpc) is 2.97. The van der Waals surface area contributed by atoms with E-state index in [2.05, 4.69) is 4.74 Å². The standard InChI is InChI=1S/C19H16F3NO4/c20-19(21,22)27-16-9-5-4-8-14(16)11-17(24)23-15(12-26-18(23)25)10-13-6-2-1-3-7-13/h1-9,15H,10-12H2/t15-/m0/s1. The van der Waals surface area contributed by atoms with Crippen molar-refractivity contribution in [1.82, 2.24) is 4.90 Å². The molecule has 5 nitrogen and oxygen atoms in total. The fourth-order valence-corrected chi connectivity index (χ4v) is 2.92. The Bertz CT molecular complexity index is 823. The number of carbonyl (C=O) groups excluding carboxylic acids is 2. The van der Waals surface area contributed by atoms with E-state index in [1.165, 1.54) is 18.2 Å². The van der Waals surface area contributed by atoms with Crippen LogP contribution in [0.1, 0.15) is 11.1 Å². The molecule has 0 aliphatic carbocycles. The zero-order valence-electron chi connectivity index (χ0n) is 14.1. The van der Waals surface area contributed by atoms with E-state index < -0.39 is 36.6 Å². The molecule has 1 saturated heterocycles. The molecule has 0 aromatic heterocycles. The zero-order valence-corrected chi connectivity index (χ0v) is 14.1. The molecule has 2 aromatic rings. The minimum atomic E-state index is -4.87. The summed E-state index contributed by atoms with van der Waals surface area (Å²) in [5.41, 5.74) is 0.956. The largest absolute Gasteiger partial charge is 0.573 e. The van der Waals surface area contributed by atoms with Gasteiger partial charge >= 0.3 is 12.5 Å². The molecule has 2 aromatic carbocycles. The lowest BCUT2D eigenvalue weighted by Crippen LogP contribution is -2.41. The maximum Gasteiger partial charge on any atom is 0.573 e. The number of cyclic esters (lactones) is 1. The summed E-state index contributed by atoms with van der Waals surface area (Å²) in [6, 6.07) is 14.1. The molecule has 0 unspecified atom stereocenters. The van der Waals surface area contributed by atoms with Crippen molar-refractivity contribution >= 4 is 12.0 Å². The number of carbonyl (C=O) groups is 2. The predicted octanol–water partition coefficient (Wildman–Crippen LogP) is 3.72. The van der Waals surface area contributed by atoms with Gasteiger partial charge in [0.25, 0.3) is 0 Å². The van der Waals surface area contributed by atoms with Crippen LogP contribution in [0, 0.1) is 0 Å². The molecule has 142 valence electrons. The van der Waals surface area contributed by atoms with Crippen molar-refractivity contribution in [2.24, 2.45) is 0 Å². The van der Waals surface area contributed by atoms with Crippen molar-refractivity contribution in [2.75, 3.05) is 6.61 Å². The quantitative estimate of drug-likeness (QED) is 0.795. The summed E-state index contributed by atoms with van der Waals surface area (Å²) < 4.78 is 46.5. The van der Waals surface area contributed by atoms with Crippen LogP contribution >= 0.6 is 0 Å². The molecular weight excluding hydrogens is 363 g/mol. The van der Waals surface area contributed by atoms with E-state index in [-0.39, 0.29) is 12.2 Å². The number of imide groups is 1. The Balaban J connectivity index is 1.75. The first-order valence-corrected chi connectivity index (χ1v) is 8.20. The molecule has 0 saturated carbocycles. The van der Waals surface area contributed by atoms with Crippen LogP contribution in [0.2, 0.25) is 0 Å². The van der Waals surface area contributed by atoms with Crippen molar-refractivity contribution in [1.29, 1.82) is 0 Å². The van der Waals surface area contributed by atoms with Crippen LogP contribution in [0.15, 0.2) is 54.6 Å². The third-order valence-corrected chi connectivity index (χ3v) is 4.08. The number of nitrogens with zero attached hydrogens (tertiary/aromatic N) is 1. The van der Waals surface area contributed by atoms with Gasteiger partial charge in [-0.05, 0) is 18.1 Å². The van der Waals surface area contributed by atoms with Crippen molar-refractivity contribution in [3.8, 4) is 5.75 Å². The Morgan fingerprint density at radius 3 is 2.48 bits per heavy atom. The molecule has 1 aliphatic heterocycles. The van der Waals surface area contributed by atoms with Gasteiger partial charge in [-0.25, -0.2) is 9.69 Å². The number of ether oxygens (including phenoxy) is 2. The van der Waals surface area contributed by atoms with Crippen LogP contribution in [0.4, 0.5) is 18.0 Å². The number of rotatable bonds is 5. The molecule has 0 spiro atoms. The van der Waals surface area contributed by atoms with Crippen molar-refractivity contribution in [2.45, 2.75) is 25.2 Å². The Morgan fingerprint density at radius 2 is 1.78 bits per heavy atom. The molecule has 3 rings (SSSR count). The summed E-state index contributed by atoms with van der Waals surface area (Å²) in [7, 11) is 0. The van der Waals surface area contributed by atoms with Crippen molar-refractivity contribution in [3.63, 3.8) is 0 Å². The first kappa shape index (κ1) is 18.8.